The SMILES string of the molecule is COc1ccsc1C(=O)NC(CN)C(C)(C)C. The lowest BCUT2D eigenvalue weighted by molar-refractivity contribution is 0.0907. The molecule has 1 heterocycles. The molecule has 0 aliphatic carbocycles. The highest BCUT2D eigenvalue weighted by molar-refractivity contribution is 7.12. The average Bonchev–Trinajstić information content (AvgIpc) is 2.71. The fraction of sp³-hybridized carbons (Fsp3) is 0.583. The summed E-state index contributed by atoms with van der Waals surface area (Å²) in [5.41, 5.74) is 5.63. The van der Waals surface area contributed by atoms with Crippen molar-refractivity contribution in [3.63, 3.8) is 0 Å². The van der Waals surface area contributed by atoms with Crippen molar-refractivity contribution in [2.45, 2.75) is 26.8 Å². The van der Waals surface area contributed by atoms with E-state index in [0.29, 0.717) is 17.2 Å². The summed E-state index contributed by atoms with van der Waals surface area (Å²) in [6.07, 6.45) is 0. The van der Waals surface area contributed by atoms with Crippen molar-refractivity contribution in [1.29, 1.82) is 0 Å². The maximum absolute atomic E-state index is 12.1. The van der Waals surface area contributed by atoms with Crippen LogP contribution in [0.25, 0.3) is 0 Å². The first kappa shape index (κ1) is 14.0. The monoisotopic (exact) mass is 256 g/mol. The van der Waals surface area contributed by atoms with Crippen LogP contribution < -0.4 is 15.8 Å². The summed E-state index contributed by atoms with van der Waals surface area (Å²) in [5, 5.41) is 4.79. The molecule has 0 aliphatic rings. The Kier molecular flexibility index (Phi) is 4.54. The maximum atomic E-state index is 12.1. The number of carbonyl (C=O) groups is 1. The second-order valence-electron chi connectivity index (χ2n) is 4.95. The topological polar surface area (TPSA) is 64.3 Å². The van der Waals surface area contributed by atoms with Crippen molar-refractivity contribution >= 4 is 17.2 Å². The molecule has 0 aliphatic heterocycles. The van der Waals surface area contributed by atoms with Gasteiger partial charge in [-0.2, -0.15) is 0 Å². The minimum absolute atomic E-state index is 0.0539. The van der Waals surface area contributed by atoms with Gasteiger partial charge in [-0.15, -0.1) is 11.3 Å². The minimum Gasteiger partial charge on any atom is -0.495 e. The van der Waals surface area contributed by atoms with E-state index in [1.807, 2.05) is 5.38 Å². The van der Waals surface area contributed by atoms with Gasteiger partial charge in [0.2, 0.25) is 0 Å². The molecule has 1 amide bonds. The standard InChI is InChI=1S/C12H20N2O2S/c1-12(2,3)9(7-13)14-11(15)10-8(16-4)5-6-17-10/h5-6,9H,7,13H2,1-4H3,(H,14,15). The molecular weight excluding hydrogens is 236 g/mol. The van der Waals surface area contributed by atoms with E-state index in [1.54, 1.807) is 13.2 Å². The predicted molar refractivity (Wildman–Crippen MR) is 70.6 cm³/mol. The van der Waals surface area contributed by atoms with Gasteiger partial charge in [-0.05, 0) is 16.9 Å². The Hall–Kier alpha value is -1.07. The molecule has 0 bridgehead atoms. The molecule has 0 aromatic carbocycles. The van der Waals surface area contributed by atoms with Crippen LogP contribution >= 0.6 is 11.3 Å². The third-order valence-corrected chi connectivity index (χ3v) is 3.54. The van der Waals surface area contributed by atoms with E-state index >= 15 is 0 Å². The van der Waals surface area contributed by atoms with Crippen LogP contribution in [0.1, 0.15) is 30.4 Å². The number of thiophene rings is 1. The Morgan fingerprint density at radius 3 is 2.71 bits per heavy atom. The maximum Gasteiger partial charge on any atom is 0.265 e. The van der Waals surface area contributed by atoms with E-state index in [2.05, 4.69) is 26.1 Å². The number of carbonyl (C=O) groups excluding carboxylic acids is 1. The number of methoxy groups -OCH3 is 1. The van der Waals surface area contributed by atoms with E-state index in [9.17, 15) is 4.79 Å². The van der Waals surface area contributed by atoms with Gasteiger partial charge in [0.25, 0.3) is 5.91 Å². The van der Waals surface area contributed by atoms with Crippen LogP contribution in [0, 0.1) is 5.41 Å². The first-order valence-corrected chi connectivity index (χ1v) is 6.40. The van der Waals surface area contributed by atoms with Crippen LogP contribution in [0.2, 0.25) is 0 Å². The number of hydrogen-bond donors (Lipinski definition) is 2. The van der Waals surface area contributed by atoms with E-state index in [1.165, 1.54) is 11.3 Å². The first-order chi connectivity index (χ1) is 7.90. The highest BCUT2D eigenvalue weighted by Crippen LogP contribution is 2.25. The Bertz CT molecular complexity index is 382. The smallest absolute Gasteiger partial charge is 0.265 e. The zero-order chi connectivity index (χ0) is 13.1. The number of rotatable bonds is 4. The fourth-order valence-corrected chi connectivity index (χ4v) is 2.24. The lowest BCUT2D eigenvalue weighted by Gasteiger charge is -2.30. The molecule has 0 fully saturated rings. The molecule has 1 aromatic rings. The molecule has 0 spiro atoms. The Morgan fingerprint density at radius 1 is 1.59 bits per heavy atom. The van der Waals surface area contributed by atoms with Crippen LogP contribution in [0.5, 0.6) is 5.75 Å². The van der Waals surface area contributed by atoms with Crippen molar-refractivity contribution in [1.82, 2.24) is 5.32 Å². The molecule has 0 radical (unpaired) electrons. The summed E-state index contributed by atoms with van der Waals surface area (Å²) in [6.45, 7) is 6.58. The van der Waals surface area contributed by atoms with Gasteiger partial charge in [0, 0.05) is 12.6 Å². The molecule has 96 valence electrons. The quantitative estimate of drug-likeness (QED) is 0.864. The van der Waals surface area contributed by atoms with E-state index in [0.717, 1.165) is 0 Å². The van der Waals surface area contributed by atoms with Gasteiger partial charge >= 0.3 is 0 Å². The van der Waals surface area contributed by atoms with Gasteiger partial charge in [-0.1, -0.05) is 20.8 Å². The van der Waals surface area contributed by atoms with E-state index in [-0.39, 0.29) is 17.4 Å². The lowest BCUT2D eigenvalue weighted by Crippen LogP contribution is -2.48. The highest BCUT2D eigenvalue weighted by Gasteiger charge is 2.26. The second-order valence-corrected chi connectivity index (χ2v) is 5.86. The van der Waals surface area contributed by atoms with Gasteiger partial charge in [0.1, 0.15) is 10.6 Å². The van der Waals surface area contributed by atoms with E-state index < -0.39 is 0 Å². The Balaban J connectivity index is 2.78. The fourth-order valence-electron chi connectivity index (χ4n) is 1.48. The molecule has 1 aromatic heterocycles. The van der Waals surface area contributed by atoms with Crippen LogP contribution in [0.4, 0.5) is 0 Å². The first-order valence-electron chi connectivity index (χ1n) is 5.52. The molecule has 0 saturated carbocycles. The average molecular weight is 256 g/mol. The van der Waals surface area contributed by atoms with Crippen molar-refractivity contribution < 1.29 is 9.53 Å². The van der Waals surface area contributed by atoms with Gasteiger partial charge in [0.05, 0.1) is 7.11 Å². The molecule has 3 N–H and O–H groups in total. The number of nitrogens with two attached hydrogens (primary N) is 1. The molecule has 5 heteroatoms. The predicted octanol–water partition coefficient (Wildman–Crippen LogP) is 1.86. The summed E-state index contributed by atoms with van der Waals surface area (Å²) in [4.78, 5) is 12.7. The van der Waals surface area contributed by atoms with Crippen LogP contribution in [0.3, 0.4) is 0 Å². The van der Waals surface area contributed by atoms with Crippen LogP contribution in [-0.2, 0) is 0 Å². The van der Waals surface area contributed by atoms with Crippen molar-refractivity contribution in [3.05, 3.63) is 16.3 Å². The summed E-state index contributed by atoms with van der Waals surface area (Å²) in [7, 11) is 1.56. The van der Waals surface area contributed by atoms with Crippen molar-refractivity contribution in [2.24, 2.45) is 11.1 Å². The molecule has 1 rings (SSSR count). The van der Waals surface area contributed by atoms with Crippen molar-refractivity contribution in [2.75, 3.05) is 13.7 Å². The third-order valence-electron chi connectivity index (χ3n) is 2.64. The second kappa shape index (κ2) is 5.51. The third kappa shape index (κ3) is 3.44. The highest BCUT2D eigenvalue weighted by atomic mass is 32.1. The molecule has 17 heavy (non-hydrogen) atoms. The number of amides is 1. The zero-order valence-electron chi connectivity index (χ0n) is 10.7. The Labute approximate surface area is 106 Å². The summed E-state index contributed by atoms with van der Waals surface area (Å²) >= 11 is 1.37. The van der Waals surface area contributed by atoms with Gasteiger partial charge in [-0.3, -0.25) is 4.79 Å². The van der Waals surface area contributed by atoms with Crippen LogP contribution in [0.15, 0.2) is 11.4 Å². The van der Waals surface area contributed by atoms with E-state index in [4.69, 9.17) is 10.5 Å². The molecular formula is C12H20N2O2S. The summed E-state index contributed by atoms with van der Waals surface area (Å²) < 4.78 is 5.13. The van der Waals surface area contributed by atoms with Crippen molar-refractivity contribution in [3.8, 4) is 5.75 Å². The number of nitrogens with one attached hydrogen (secondary N) is 1. The molecule has 1 unspecified atom stereocenters. The normalized spacial score (nSPS) is 13.2. The lowest BCUT2D eigenvalue weighted by atomic mass is 9.87. The Morgan fingerprint density at radius 2 is 2.24 bits per heavy atom. The molecule has 0 saturated heterocycles. The molecule has 1 atom stereocenters. The largest absolute Gasteiger partial charge is 0.495 e. The van der Waals surface area contributed by atoms with Crippen LogP contribution in [-0.4, -0.2) is 25.6 Å². The number of ether oxygens (including phenoxy) is 1. The summed E-state index contributed by atoms with van der Waals surface area (Å²) in [6, 6.07) is 1.73. The number of hydrogen-bond acceptors (Lipinski definition) is 4. The zero-order valence-corrected chi connectivity index (χ0v) is 11.6. The van der Waals surface area contributed by atoms with Gasteiger partial charge in [0.15, 0.2) is 0 Å². The van der Waals surface area contributed by atoms with Gasteiger partial charge < -0.3 is 15.8 Å². The molecule has 4 nitrogen and oxygen atoms in total. The summed E-state index contributed by atoms with van der Waals surface area (Å²) in [5.74, 6) is 0.486. The minimum atomic E-state index is -0.123. The van der Waals surface area contributed by atoms with Gasteiger partial charge in [-0.25, -0.2) is 0 Å².